The van der Waals surface area contributed by atoms with Gasteiger partial charge in [0.05, 0.1) is 11.1 Å². The number of aromatic nitrogens is 2. The van der Waals surface area contributed by atoms with Crippen LogP contribution in [-0.2, 0) is 11.2 Å². The maximum atomic E-state index is 12.6. The minimum Gasteiger partial charge on any atom is -0.336 e. The molecule has 0 unspecified atom stereocenters. The van der Waals surface area contributed by atoms with Gasteiger partial charge in [0.1, 0.15) is 4.83 Å². The Hall–Kier alpha value is -1.87. The van der Waals surface area contributed by atoms with Crippen LogP contribution in [0, 0.1) is 12.8 Å². The van der Waals surface area contributed by atoms with Crippen molar-refractivity contribution in [3.8, 4) is 0 Å². The molecular weight excluding hydrogens is 372 g/mol. The number of carbonyl (C=O) groups excluding carboxylic acids is 2. The van der Waals surface area contributed by atoms with Gasteiger partial charge in [0.25, 0.3) is 5.56 Å². The van der Waals surface area contributed by atoms with E-state index in [1.165, 1.54) is 16.2 Å². The van der Waals surface area contributed by atoms with Crippen molar-refractivity contribution in [2.75, 3.05) is 18.8 Å². The Labute approximate surface area is 159 Å². The topological polar surface area (TPSA) is 95.2 Å². The first-order valence-corrected chi connectivity index (χ1v) is 10.4. The van der Waals surface area contributed by atoms with Crippen LogP contribution in [0.2, 0.25) is 0 Å². The van der Waals surface area contributed by atoms with Crippen molar-refractivity contribution in [3.63, 3.8) is 0 Å². The van der Waals surface area contributed by atoms with Crippen molar-refractivity contribution in [3.05, 3.63) is 20.8 Å². The second-order valence-electron chi connectivity index (χ2n) is 6.47. The summed E-state index contributed by atoms with van der Waals surface area (Å²) >= 11 is 2.66. The van der Waals surface area contributed by atoms with Crippen LogP contribution >= 0.6 is 23.1 Å². The van der Waals surface area contributed by atoms with E-state index in [1.807, 2.05) is 6.92 Å². The Kier molecular flexibility index (Phi) is 5.67. The number of thiophene rings is 1. The molecule has 7 nitrogen and oxygen atoms in total. The zero-order valence-electron chi connectivity index (χ0n) is 15.0. The first-order chi connectivity index (χ1) is 12.4. The number of carbonyl (C=O) groups is 2. The molecule has 1 aliphatic rings. The molecule has 3 amide bonds. The molecule has 9 heteroatoms. The molecule has 26 heavy (non-hydrogen) atoms. The molecule has 2 aromatic rings. The van der Waals surface area contributed by atoms with Crippen LogP contribution in [0.25, 0.3) is 10.2 Å². The molecule has 1 saturated heterocycles. The number of fused-ring (bicyclic) bond motifs is 1. The number of aryl methyl sites for hydroxylation is 1. The van der Waals surface area contributed by atoms with E-state index in [0.717, 1.165) is 35.0 Å². The fourth-order valence-electron chi connectivity index (χ4n) is 2.88. The minimum absolute atomic E-state index is 0.0615. The van der Waals surface area contributed by atoms with E-state index in [2.05, 4.69) is 29.1 Å². The summed E-state index contributed by atoms with van der Waals surface area (Å²) in [6, 6.07) is -0.365. The lowest BCUT2D eigenvalue weighted by Gasteiger charge is -2.11. The van der Waals surface area contributed by atoms with Crippen molar-refractivity contribution >= 4 is 45.3 Å². The van der Waals surface area contributed by atoms with Crippen LogP contribution in [0.15, 0.2) is 9.95 Å². The molecule has 1 atom stereocenters. The Morgan fingerprint density at radius 1 is 1.42 bits per heavy atom. The van der Waals surface area contributed by atoms with E-state index < -0.39 is 0 Å². The molecule has 0 saturated carbocycles. The average Bonchev–Trinajstić information content (AvgIpc) is 3.16. The van der Waals surface area contributed by atoms with Crippen molar-refractivity contribution in [2.24, 2.45) is 5.92 Å². The second kappa shape index (κ2) is 7.79. The van der Waals surface area contributed by atoms with Crippen molar-refractivity contribution in [2.45, 2.75) is 38.8 Å². The summed E-state index contributed by atoms with van der Waals surface area (Å²) in [5, 5.41) is 3.67. The lowest BCUT2D eigenvalue weighted by atomic mass is 9.98. The van der Waals surface area contributed by atoms with E-state index in [4.69, 9.17) is 0 Å². The summed E-state index contributed by atoms with van der Waals surface area (Å²) in [6.07, 6.45) is 1.92. The van der Waals surface area contributed by atoms with Crippen molar-refractivity contribution in [1.29, 1.82) is 0 Å². The molecule has 1 fully saturated rings. The van der Waals surface area contributed by atoms with Gasteiger partial charge in [-0.2, -0.15) is 0 Å². The highest BCUT2D eigenvalue weighted by Gasteiger charge is 2.26. The summed E-state index contributed by atoms with van der Waals surface area (Å²) in [7, 11) is 0. The third-order valence-corrected chi connectivity index (χ3v) is 6.48. The standard InChI is InChI=1S/C17H22N4O3S2/c1-4-9(2)7-11-10(3)26-15-13(11)14(23)19-16(20-15)25-8-12(22)21-6-5-18-17(21)24/h9H,4-8H2,1-3H3,(H,18,24)(H,19,20,23)/t9-/m0/s1. The number of thioether (sulfide) groups is 1. The SMILES string of the molecule is CC[C@H](C)Cc1c(C)sc2nc(SCC(=O)N3CCNC3=O)[nH]c(=O)c12. The number of imide groups is 1. The summed E-state index contributed by atoms with van der Waals surface area (Å²) in [6.45, 7) is 7.19. The van der Waals surface area contributed by atoms with Crippen LogP contribution in [-0.4, -0.2) is 45.6 Å². The maximum absolute atomic E-state index is 12.6. The number of amides is 3. The van der Waals surface area contributed by atoms with E-state index in [1.54, 1.807) is 0 Å². The normalized spacial score (nSPS) is 15.5. The third kappa shape index (κ3) is 3.78. The molecule has 0 aliphatic carbocycles. The molecule has 140 valence electrons. The lowest BCUT2D eigenvalue weighted by molar-refractivity contribution is -0.124. The van der Waals surface area contributed by atoms with E-state index in [9.17, 15) is 14.4 Å². The molecule has 0 spiro atoms. The molecular formula is C17H22N4O3S2. The van der Waals surface area contributed by atoms with Crippen molar-refractivity contribution < 1.29 is 9.59 Å². The molecule has 2 aromatic heterocycles. The summed E-state index contributed by atoms with van der Waals surface area (Å²) in [5.41, 5.74) is 0.918. The van der Waals surface area contributed by atoms with Gasteiger partial charge in [-0.1, -0.05) is 32.0 Å². The number of rotatable bonds is 6. The molecule has 1 aliphatic heterocycles. The van der Waals surface area contributed by atoms with Gasteiger partial charge in [-0.3, -0.25) is 14.5 Å². The van der Waals surface area contributed by atoms with Gasteiger partial charge in [0.15, 0.2) is 5.16 Å². The third-order valence-electron chi connectivity index (χ3n) is 4.58. The Morgan fingerprint density at radius 3 is 2.85 bits per heavy atom. The fourth-order valence-corrected chi connectivity index (χ4v) is 4.73. The number of nitrogens with zero attached hydrogens (tertiary/aromatic N) is 2. The van der Waals surface area contributed by atoms with Gasteiger partial charge < -0.3 is 10.3 Å². The van der Waals surface area contributed by atoms with Crippen LogP contribution in [0.5, 0.6) is 0 Å². The minimum atomic E-state index is -0.365. The fraction of sp³-hybridized carbons (Fsp3) is 0.529. The first kappa shape index (κ1) is 18.9. The largest absolute Gasteiger partial charge is 0.336 e. The van der Waals surface area contributed by atoms with Gasteiger partial charge in [0.2, 0.25) is 5.91 Å². The molecule has 0 bridgehead atoms. The molecule has 3 heterocycles. The predicted molar refractivity (Wildman–Crippen MR) is 104 cm³/mol. The Morgan fingerprint density at radius 2 is 2.19 bits per heavy atom. The molecule has 3 rings (SSSR count). The quantitative estimate of drug-likeness (QED) is 0.580. The number of hydrogen-bond acceptors (Lipinski definition) is 6. The highest BCUT2D eigenvalue weighted by atomic mass is 32.2. The van der Waals surface area contributed by atoms with Gasteiger partial charge in [0, 0.05) is 18.0 Å². The maximum Gasteiger partial charge on any atom is 0.324 e. The van der Waals surface area contributed by atoms with Gasteiger partial charge in [-0.05, 0) is 24.8 Å². The van der Waals surface area contributed by atoms with Crippen LogP contribution in [0.1, 0.15) is 30.7 Å². The van der Waals surface area contributed by atoms with Crippen LogP contribution in [0.3, 0.4) is 0 Å². The smallest absolute Gasteiger partial charge is 0.324 e. The average molecular weight is 395 g/mol. The Balaban J connectivity index is 1.80. The number of aromatic amines is 1. The van der Waals surface area contributed by atoms with Gasteiger partial charge in [-0.25, -0.2) is 9.78 Å². The molecule has 0 aromatic carbocycles. The molecule has 2 N–H and O–H groups in total. The van der Waals surface area contributed by atoms with E-state index >= 15 is 0 Å². The highest BCUT2D eigenvalue weighted by Crippen LogP contribution is 2.30. The molecule has 0 radical (unpaired) electrons. The number of nitrogens with one attached hydrogen (secondary N) is 2. The summed E-state index contributed by atoms with van der Waals surface area (Å²) < 4.78 is 0. The summed E-state index contributed by atoms with van der Waals surface area (Å²) in [5.74, 6) is 0.281. The highest BCUT2D eigenvalue weighted by molar-refractivity contribution is 7.99. The summed E-state index contributed by atoms with van der Waals surface area (Å²) in [4.78, 5) is 46.5. The first-order valence-electron chi connectivity index (χ1n) is 8.64. The second-order valence-corrected chi connectivity index (χ2v) is 8.64. The van der Waals surface area contributed by atoms with E-state index in [0.29, 0.717) is 34.4 Å². The van der Waals surface area contributed by atoms with Gasteiger partial charge >= 0.3 is 6.03 Å². The Bertz CT molecular complexity index is 905. The number of hydrogen-bond donors (Lipinski definition) is 2. The zero-order chi connectivity index (χ0) is 18.8. The monoisotopic (exact) mass is 394 g/mol. The van der Waals surface area contributed by atoms with Crippen LogP contribution < -0.4 is 10.9 Å². The number of urea groups is 1. The zero-order valence-corrected chi connectivity index (χ0v) is 16.7. The van der Waals surface area contributed by atoms with Crippen LogP contribution in [0.4, 0.5) is 4.79 Å². The van der Waals surface area contributed by atoms with Gasteiger partial charge in [-0.15, -0.1) is 11.3 Å². The van der Waals surface area contributed by atoms with Crippen molar-refractivity contribution in [1.82, 2.24) is 20.2 Å². The number of H-pyrrole nitrogens is 1. The van der Waals surface area contributed by atoms with E-state index in [-0.39, 0.29) is 23.3 Å². The predicted octanol–water partition coefficient (Wildman–Crippen LogP) is 2.53. The lowest BCUT2D eigenvalue weighted by Crippen LogP contribution is -2.35.